The first kappa shape index (κ1) is 14.1. The van der Waals surface area contributed by atoms with E-state index in [0.29, 0.717) is 19.5 Å². The summed E-state index contributed by atoms with van der Waals surface area (Å²) < 4.78 is 0. The third kappa shape index (κ3) is 4.76. The zero-order chi connectivity index (χ0) is 14.2. The second-order valence-corrected chi connectivity index (χ2v) is 4.81. The molecule has 20 heavy (non-hydrogen) atoms. The number of carbonyl (C=O) groups is 1. The Morgan fingerprint density at radius 3 is 2.60 bits per heavy atom. The Labute approximate surface area is 120 Å². The SMILES string of the molecule is Cc1cccc(CNC(=O)CCNc2ccccc2)c1. The van der Waals surface area contributed by atoms with Crippen LogP contribution in [0.3, 0.4) is 0 Å². The van der Waals surface area contributed by atoms with Gasteiger partial charge in [-0.15, -0.1) is 0 Å². The fourth-order valence-electron chi connectivity index (χ4n) is 1.99. The second kappa shape index (κ2) is 7.34. The Kier molecular flexibility index (Phi) is 5.18. The summed E-state index contributed by atoms with van der Waals surface area (Å²) in [5, 5.41) is 6.16. The summed E-state index contributed by atoms with van der Waals surface area (Å²) in [5.74, 6) is 0.0648. The van der Waals surface area contributed by atoms with Gasteiger partial charge in [0.25, 0.3) is 0 Å². The molecule has 2 rings (SSSR count). The number of nitrogens with one attached hydrogen (secondary N) is 2. The molecule has 0 atom stereocenters. The van der Waals surface area contributed by atoms with Crippen molar-refractivity contribution in [1.29, 1.82) is 0 Å². The van der Waals surface area contributed by atoms with E-state index in [1.54, 1.807) is 0 Å². The Balaban J connectivity index is 1.68. The highest BCUT2D eigenvalue weighted by Gasteiger charge is 2.01. The third-order valence-electron chi connectivity index (χ3n) is 3.03. The van der Waals surface area contributed by atoms with Gasteiger partial charge in [-0.2, -0.15) is 0 Å². The predicted octanol–water partition coefficient (Wildman–Crippen LogP) is 3.11. The lowest BCUT2D eigenvalue weighted by Gasteiger charge is -2.08. The van der Waals surface area contributed by atoms with Crippen LogP contribution in [-0.2, 0) is 11.3 Å². The fourth-order valence-corrected chi connectivity index (χ4v) is 1.99. The van der Waals surface area contributed by atoms with E-state index in [9.17, 15) is 4.79 Å². The maximum absolute atomic E-state index is 11.7. The number of amides is 1. The maximum Gasteiger partial charge on any atom is 0.222 e. The molecule has 2 aromatic carbocycles. The van der Waals surface area contributed by atoms with Crippen molar-refractivity contribution in [3.05, 3.63) is 65.7 Å². The number of aryl methyl sites for hydroxylation is 1. The van der Waals surface area contributed by atoms with Gasteiger partial charge in [-0.25, -0.2) is 0 Å². The first-order valence-corrected chi connectivity index (χ1v) is 6.85. The highest BCUT2D eigenvalue weighted by molar-refractivity contribution is 5.76. The first-order valence-electron chi connectivity index (χ1n) is 6.85. The second-order valence-electron chi connectivity index (χ2n) is 4.81. The van der Waals surface area contributed by atoms with E-state index < -0.39 is 0 Å². The molecule has 0 spiro atoms. The van der Waals surface area contributed by atoms with Crippen molar-refractivity contribution in [3.8, 4) is 0 Å². The number of para-hydroxylation sites is 1. The molecular weight excluding hydrogens is 248 g/mol. The Bertz CT molecular complexity index is 552. The zero-order valence-electron chi connectivity index (χ0n) is 11.7. The van der Waals surface area contributed by atoms with Crippen LogP contribution < -0.4 is 10.6 Å². The first-order chi connectivity index (χ1) is 9.74. The lowest BCUT2D eigenvalue weighted by Crippen LogP contribution is -2.24. The standard InChI is InChI=1S/C17H20N2O/c1-14-6-5-7-15(12-14)13-19-17(20)10-11-18-16-8-3-2-4-9-16/h2-9,12,18H,10-11,13H2,1H3,(H,19,20). The molecule has 2 N–H and O–H groups in total. The van der Waals surface area contributed by atoms with Crippen LogP contribution in [0.25, 0.3) is 0 Å². The lowest BCUT2D eigenvalue weighted by atomic mass is 10.1. The number of anilines is 1. The van der Waals surface area contributed by atoms with Crippen molar-refractivity contribution < 1.29 is 4.79 Å². The van der Waals surface area contributed by atoms with Gasteiger partial charge in [0.1, 0.15) is 0 Å². The van der Waals surface area contributed by atoms with E-state index in [1.807, 2.05) is 42.5 Å². The normalized spacial score (nSPS) is 10.1. The van der Waals surface area contributed by atoms with Gasteiger partial charge in [-0.05, 0) is 24.6 Å². The van der Waals surface area contributed by atoms with Crippen LogP contribution in [0.5, 0.6) is 0 Å². The van der Waals surface area contributed by atoms with Crippen molar-refractivity contribution >= 4 is 11.6 Å². The minimum Gasteiger partial charge on any atom is -0.385 e. The van der Waals surface area contributed by atoms with Gasteiger partial charge in [0, 0.05) is 25.2 Å². The minimum atomic E-state index is 0.0648. The van der Waals surface area contributed by atoms with Crippen LogP contribution in [0.15, 0.2) is 54.6 Å². The number of rotatable bonds is 6. The molecule has 3 heteroatoms. The summed E-state index contributed by atoms with van der Waals surface area (Å²) in [5.41, 5.74) is 3.39. The number of hydrogen-bond acceptors (Lipinski definition) is 2. The van der Waals surface area contributed by atoms with Gasteiger partial charge in [0.05, 0.1) is 0 Å². The Morgan fingerprint density at radius 2 is 1.85 bits per heavy atom. The average molecular weight is 268 g/mol. The number of hydrogen-bond donors (Lipinski definition) is 2. The highest BCUT2D eigenvalue weighted by Crippen LogP contribution is 2.05. The molecule has 0 saturated heterocycles. The molecule has 1 amide bonds. The zero-order valence-corrected chi connectivity index (χ0v) is 11.7. The minimum absolute atomic E-state index is 0.0648. The van der Waals surface area contributed by atoms with Crippen molar-refractivity contribution in [2.24, 2.45) is 0 Å². The van der Waals surface area contributed by atoms with Gasteiger partial charge in [-0.1, -0.05) is 48.0 Å². The summed E-state index contributed by atoms with van der Waals surface area (Å²) in [6, 6.07) is 18.1. The van der Waals surface area contributed by atoms with Gasteiger partial charge >= 0.3 is 0 Å². The van der Waals surface area contributed by atoms with Gasteiger partial charge in [0.2, 0.25) is 5.91 Å². The average Bonchev–Trinajstić information content (AvgIpc) is 2.46. The molecule has 0 heterocycles. The smallest absolute Gasteiger partial charge is 0.222 e. The molecule has 3 nitrogen and oxygen atoms in total. The highest BCUT2D eigenvalue weighted by atomic mass is 16.1. The van der Waals surface area contributed by atoms with Crippen LogP contribution in [0.4, 0.5) is 5.69 Å². The van der Waals surface area contributed by atoms with Crippen molar-refractivity contribution in [3.63, 3.8) is 0 Å². The molecule has 104 valence electrons. The molecular formula is C17H20N2O. The maximum atomic E-state index is 11.7. The quantitative estimate of drug-likeness (QED) is 0.845. The van der Waals surface area contributed by atoms with Crippen LogP contribution in [-0.4, -0.2) is 12.5 Å². The molecule has 0 aromatic heterocycles. The van der Waals surface area contributed by atoms with Gasteiger partial charge < -0.3 is 10.6 Å². The van der Waals surface area contributed by atoms with E-state index in [1.165, 1.54) is 5.56 Å². The van der Waals surface area contributed by atoms with E-state index in [2.05, 4.69) is 29.7 Å². The van der Waals surface area contributed by atoms with E-state index in [0.717, 1.165) is 11.3 Å². The summed E-state index contributed by atoms with van der Waals surface area (Å²) in [6.45, 7) is 3.28. The number of benzene rings is 2. The lowest BCUT2D eigenvalue weighted by molar-refractivity contribution is -0.121. The van der Waals surface area contributed by atoms with E-state index >= 15 is 0 Å². The summed E-state index contributed by atoms with van der Waals surface area (Å²) in [4.78, 5) is 11.7. The van der Waals surface area contributed by atoms with E-state index in [-0.39, 0.29) is 5.91 Å². The molecule has 0 fully saturated rings. The molecule has 0 aliphatic heterocycles. The van der Waals surface area contributed by atoms with Crippen LogP contribution in [0, 0.1) is 6.92 Å². The van der Waals surface area contributed by atoms with Gasteiger partial charge in [0.15, 0.2) is 0 Å². The molecule has 0 radical (unpaired) electrons. The summed E-state index contributed by atoms with van der Waals surface area (Å²) in [6.07, 6.45) is 0.473. The van der Waals surface area contributed by atoms with Crippen LogP contribution in [0.1, 0.15) is 17.5 Å². The molecule has 0 aliphatic carbocycles. The van der Waals surface area contributed by atoms with Crippen LogP contribution >= 0.6 is 0 Å². The Morgan fingerprint density at radius 1 is 1.05 bits per heavy atom. The third-order valence-corrected chi connectivity index (χ3v) is 3.03. The summed E-state index contributed by atoms with van der Waals surface area (Å²) in [7, 11) is 0. The largest absolute Gasteiger partial charge is 0.385 e. The number of carbonyl (C=O) groups excluding carboxylic acids is 1. The van der Waals surface area contributed by atoms with Crippen molar-refractivity contribution in [2.75, 3.05) is 11.9 Å². The molecule has 0 unspecified atom stereocenters. The summed E-state index contributed by atoms with van der Waals surface area (Å²) >= 11 is 0. The molecule has 0 aliphatic rings. The predicted molar refractivity (Wildman–Crippen MR) is 82.6 cm³/mol. The van der Waals surface area contributed by atoms with Gasteiger partial charge in [-0.3, -0.25) is 4.79 Å². The molecule has 0 bridgehead atoms. The fraction of sp³-hybridized carbons (Fsp3) is 0.235. The van der Waals surface area contributed by atoms with Crippen molar-refractivity contribution in [2.45, 2.75) is 19.9 Å². The van der Waals surface area contributed by atoms with Crippen LogP contribution in [0.2, 0.25) is 0 Å². The van der Waals surface area contributed by atoms with Crippen molar-refractivity contribution in [1.82, 2.24) is 5.32 Å². The topological polar surface area (TPSA) is 41.1 Å². The van der Waals surface area contributed by atoms with E-state index in [4.69, 9.17) is 0 Å². The Hall–Kier alpha value is -2.29. The molecule has 2 aromatic rings. The molecule has 0 saturated carbocycles. The monoisotopic (exact) mass is 268 g/mol.